The van der Waals surface area contributed by atoms with Gasteiger partial charge in [0.05, 0.1) is 0 Å². The van der Waals surface area contributed by atoms with Gasteiger partial charge in [-0.05, 0) is 55.4 Å². The maximum absolute atomic E-state index is 12.8. The van der Waals surface area contributed by atoms with Crippen LogP contribution in [0.5, 0.6) is 0 Å². The molecule has 25 heavy (non-hydrogen) atoms. The molecular weight excluding hydrogens is 320 g/mol. The Morgan fingerprint density at radius 1 is 1.24 bits per heavy atom. The van der Waals surface area contributed by atoms with Gasteiger partial charge in [-0.1, -0.05) is 0 Å². The van der Waals surface area contributed by atoms with Gasteiger partial charge in [0.25, 0.3) is 5.91 Å². The average molecular weight is 344 g/mol. The molecule has 2 amide bonds. The maximum Gasteiger partial charge on any atom is 0.303 e. The topological polar surface area (TPSA) is 77.9 Å². The molecule has 0 spiro atoms. The van der Waals surface area contributed by atoms with Gasteiger partial charge in [-0.25, -0.2) is 0 Å². The fourth-order valence-electron chi connectivity index (χ4n) is 3.86. The van der Waals surface area contributed by atoms with Gasteiger partial charge in [0, 0.05) is 44.2 Å². The summed E-state index contributed by atoms with van der Waals surface area (Å²) in [4.78, 5) is 38.8. The molecule has 6 nitrogen and oxygen atoms in total. The van der Waals surface area contributed by atoms with Gasteiger partial charge in [-0.3, -0.25) is 14.4 Å². The average Bonchev–Trinajstić information content (AvgIpc) is 3.03. The van der Waals surface area contributed by atoms with E-state index in [0.29, 0.717) is 25.1 Å². The van der Waals surface area contributed by atoms with Gasteiger partial charge in [-0.15, -0.1) is 0 Å². The lowest BCUT2D eigenvalue weighted by Crippen LogP contribution is -2.40. The molecule has 1 fully saturated rings. The third-order valence-corrected chi connectivity index (χ3v) is 5.17. The lowest BCUT2D eigenvalue weighted by Gasteiger charge is -2.32. The van der Waals surface area contributed by atoms with Crippen LogP contribution in [-0.2, 0) is 16.0 Å². The quantitative estimate of drug-likeness (QED) is 0.909. The van der Waals surface area contributed by atoms with E-state index in [1.165, 1.54) is 0 Å². The van der Waals surface area contributed by atoms with Crippen LogP contribution in [0.15, 0.2) is 18.2 Å². The molecule has 0 bridgehead atoms. The number of carboxylic acids is 1. The Labute approximate surface area is 147 Å². The van der Waals surface area contributed by atoms with Crippen molar-refractivity contribution in [3.8, 4) is 0 Å². The Bertz CT molecular complexity index is 701. The minimum absolute atomic E-state index is 0.00380. The van der Waals surface area contributed by atoms with Gasteiger partial charge >= 0.3 is 5.97 Å². The van der Waals surface area contributed by atoms with Gasteiger partial charge in [-0.2, -0.15) is 0 Å². The van der Waals surface area contributed by atoms with Crippen molar-refractivity contribution >= 4 is 23.5 Å². The fourth-order valence-corrected chi connectivity index (χ4v) is 3.86. The van der Waals surface area contributed by atoms with Crippen molar-refractivity contribution in [1.82, 2.24) is 4.90 Å². The Balaban J connectivity index is 1.69. The Morgan fingerprint density at radius 3 is 2.76 bits per heavy atom. The summed E-state index contributed by atoms with van der Waals surface area (Å²) in [5.41, 5.74) is 2.60. The van der Waals surface area contributed by atoms with Gasteiger partial charge < -0.3 is 14.9 Å². The molecule has 0 aromatic heterocycles. The minimum atomic E-state index is -0.780. The lowest BCUT2D eigenvalue weighted by molar-refractivity contribution is -0.137. The Morgan fingerprint density at radius 2 is 2.04 bits per heavy atom. The molecule has 1 N–H and O–H groups in total. The third kappa shape index (κ3) is 3.83. The predicted octanol–water partition coefficient (Wildman–Crippen LogP) is 2.31. The standard InChI is InChI=1S/C19H24N2O4/c1-13(22)21-10-8-15-11-16(5-6-17(15)21)19(25)20-9-2-3-14(12-20)4-7-18(23)24/h5-6,11,14H,2-4,7-10,12H2,1H3,(H,23,24). The number of amides is 2. The zero-order valence-electron chi connectivity index (χ0n) is 14.5. The highest BCUT2D eigenvalue weighted by Crippen LogP contribution is 2.30. The number of fused-ring (bicyclic) bond motifs is 1. The normalized spacial score (nSPS) is 19.6. The van der Waals surface area contributed by atoms with E-state index in [2.05, 4.69) is 0 Å². The molecule has 3 rings (SSSR count). The highest BCUT2D eigenvalue weighted by Gasteiger charge is 2.27. The zero-order chi connectivity index (χ0) is 18.0. The number of aliphatic carboxylic acids is 1. The number of benzene rings is 1. The molecule has 0 radical (unpaired) electrons. The summed E-state index contributed by atoms with van der Waals surface area (Å²) >= 11 is 0. The summed E-state index contributed by atoms with van der Waals surface area (Å²) in [6.07, 6.45) is 3.45. The number of piperidine rings is 1. The van der Waals surface area contributed by atoms with E-state index >= 15 is 0 Å². The molecular formula is C19H24N2O4. The molecule has 2 aliphatic heterocycles. The summed E-state index contributed by atoms with van der Waals surface area (Å²) in [6.45, 7) is 3.57. The van der Waals surface area contributed by atoms with Crippen molar-refractivity contribution in [3.63, 3.8) is 0 Å². The second kappa shape index (κ2) is 7.25. The molecule has 134 valence electrons. The molecule has 1 atom stereocenters. The summed E-state index contributed by atoms with van der Waals surface area (Å²) in [7, 11) is 0. The van der Waals surface area contributed by atoms with Crippen molar-refractivity contribution in [2.45, 2.75) is 39.0 Å². The number of carbonyl (C=O) groups excluding carboxylic acids is 2. The number of rotatable bonds is 4. The summed E-state index contributed by atoms with van der Waals surface area (Å²) in [5.74, 6) is -0.493. The van der Waals surface area contributed by atoms with E-state index in [9.17, 15) is 14.4 Å². The monoisotopic (exact) mass is 344 g/mol. The van der Waals surface area contributed by atoms with Crippen LogP contribution in [0.1, 0.15) is 48.5 Å². The van der Waals surface area contributed by atoms with E-state index in [0.717, 1.165) is 37.1 Å². The SMILES string of the molecule is CC(=O)N1CCc2cc(C(=O)N3CCCC(CCC(=O)O)C3)ccc21. The second-order valence-electron chi connectivity index (χ2n) is 6.96. The molecule has 1 aromatic carbocycles. The van der Waals surface area contributed by atoms with Gasteiger partial charge in [0.1, 0.15) is 0 Å². The number of hydrogen-bond acceptors (Lipinski definition) is 3. The van der Waals surface area contributed by atoms with Crippen LogP contribution < -0.4 is 4.90 Å². The van der Waals surface area contributed by atoms with Crippen molar-refractivity contribution in [3.05, 3.63) is 29.3 Å². The third-order valence-electron chi connectivity index (χ3n) is 5.17. The van der Waals surface area contributed by atoms with E-state index in [4.69, 9.17) is 5.11 Å². The summed E-state index contributed by atoms with van der Waals surface area (Å²) < 4.78 is 0. The van der Waals surface area contributed by atoms with Crippen molar-refractivity contribution in [2.75, 3.05) is 24.5 Å². The Kier molecular flexibility index (Phi) is 5.06. The van der Waals surface area contributed by atoms with E-state index in [1.54, 1.807) is 17.9 Å². The molecule has 1 saturated heterocycles. The number of anilines is 1. The lowest BCUT2D eigenvalue weighted by atomic mass is 9.93. The Hall–Kier alpha value is -2.37. The molecule has 2 heterocycles. The summed E-state index contributed by atoms with van der Waals surface area (Å²) in [6, 6.07) is 5.56. The van der Waals surface area contributed by atoms with Crippen LogP contribution in [0.3, 0.4) is 0 Å². The first-order valence-corrected chi connectivity index (χ1v) is 8.88. The van der Waals surface area contributed by atoms with E-state index in [-0.39, 0.29) is 24.2 Å². The van der Waals surface area contributed by atoms with Crippen LogP contribution in [0.25, 0.3) is 0 Å². The number of hydrogen-bond donors (Lipinski definition) is 1. The first kappa shape index (κ1) is 17.5. The number of carboxylic acid groups (broad SMARTS) is 1. The first-order chi connectivity index (χ1) is 12.0. The molecule has 2 aliphatic rings. The van der Waals surface area contributed by atoms with Crippen LogP contribution >= 0.6 is 0 Å². The van der Waals surface area contributed by atoms with Crippen molar-refractivity contribution in [1.29, 1.82) is 0 Å². The number of likely N-dealkylation sites (tertiary alicyclic amines) is 1. The van der Waals surface area contributed by atoms with Crippen molar-refractivity contribution < 1.29 is 19.5 Å². The van der Waals surface area contributed by atoms with Crippen LogP contribution in [0.2, 0.25) is 0 Å². The smallest absolute Gasteiger partial charge is 0.303 e. The molecule has 1 aromatic rings. The predicted molar refractivity (Wildman–Crippen MR) is 93.7 cm³/mol. The molecule has 1 unspecified atom stereocenters. The zero-order valence-corrected chi connectivity index (χ0v) is 14.5. The van der Waals surface area contributed by atoms with Gasteiger partial charge in [0.15, 0.2) is 0 Å². The minimum Gasteiger partial charge on any atom is -0.481 e. The van der Waals surface area contributed by atoms with Crippen LogP contribution in [0, 0.1) is 5.92 Å². The highest BCUT2D eigenvalue weighted by atomic mass is 16.4. The number of nitrogens with zero attached hydrogens (tertiary/aromatic N) is 2. The van der Waals surface area contributed by atoms with Crippen LogP contribution in [-0.4, -0.2) is 47.4 Å². The molecule has 0 aliphatic carbocycles. The fraction of sp³-hybridized carbons (Fsp3) is 0.526. The highest BCUT2D eigenvalue weighted by molar-refractivity contribution is 5.98. The van der Waals surface area contributed by atoms with E-state index < -0.39 is 5.97 Å². The number of carbonyl (C=O) groups is 3. The second-order valence-corrected chi connectivity index (χ2v) is 6.96. The van der Waals surface area contributed by atoms with E-state index in [1.807, 2.05) is 17.0 Å². The molecule has 0 saturated carbocycles. The summed E-state index contributed by atoms with van der Waals surface area (Å²) in [5, 5.41) is 8.84. The van der Waals surface area contributed by atoms with Gasteiger partial charge in [0.2, 0.25) is 5.91 Å². The molecule has 6 heteroatoms. The largest absolute Gasteiger partial charge is 0.481 e. The first-order valence-electron chi connectivity index (χ1n) is 8.88. The maximum atomic E-state index is 12.8. The van der Waals surface area contributed by atoms with Crippen LogP contribution in [0.4, 0.5) is 5.69 Å². The van der Waals surface area contributed by atoms with Crippen molar-refractivity contribution in [2.24, 2.45) is 5.92 Å².